The number of hydrogen-bond donors (Lipinski definition) is 2. The number of aromatic hydroxyl groups is 1. The molecular formula is C23H23F4N3O5. The fourth-order valence-electron chi connectivity index (χ4n) is 4.76. The van der Waals surface area contributed by atoms with Crippen LogP contribution in [0.2, 0.25) is 0 Å². The Balaban J connectivity index is 1.77. The number of benzene rings is 1. The highest BCUT2D eigenvalue weighted by Gasteiger charge is 2.50. The zero-order valence-electron chi connectivity index (χ0n) is 18.9. The summed E-state index contributed by atoms with van der Waals surface area (Å²) in [7, 11) is 1.32. The van der Waals surface area contributed by atoms with Gasteiger partial charge in [-0.25, -0.2) is 17.6 Å². The summed E-state index contributed by atoms with van der Waals surface area (Å²) in [6.07, 6.45) is 1.65. The highest BCUT2D eigenvalue weighted by atomic mass is 19.1. The summed E-state index contributed by atoms with van der Waals surface area (Å²) in [5, 5.41) is 12.8. The number of fused-ring (bicyclic) bond motifs is 4. The minimum Gasteiger partial charge on any atom is -0.503 e. The third-order valence-electron chi connectivity index (χ3n) is 6.91. The Morgan fingerprint density at radius 3 is 2.51 bits per heavy atom. The van der Waals surface area contributed by atoms with E-state index in [1.54, 1.807) is 6.92 Å². The maximum Gasteiger partial charge on any atom is 0.274 e. The number of alkyl halides is 1. The number of pyridine rings is 1. The summed E-state index contributed by atoms with van der Waals surface area (Å²) in [5.41, 5.74) is -4.24. The van der Waals surface area contributed by atoms with Gasteiger partial charge < -0.3 is 24.6 Å². The third-order valence-corrected chi connectivity index (χ3v) is 6.91. The largest absolute Gasteiger partial charge is 0.503 e. The first kappa shape index (κ1) is 24.7. The van der Waals surface area contributed by atoms with Crippen molar-refractivity contribution in [3.8, 4) is 5.75 Å². The van der Waals surface area contributed by atoms with Gasteiger partial charge in [-0.1, -0.05) is 0 Å². The number of methoxy groups -OCH3 is 1. The van der Waals surface area contributed by atoms with E-state index < -0.39 is 82.1 Å². The molecular weight excluding hydrogens is 474 g/mol. The number of hydrogen-bond acceptors (Lipinski definition) is 5. The Kier molecular flexibility index (Phi) is 6.34. The molecule has 0 aliphatic carbocycles. The molecule has 0 saturated carbocycles. The van der Waals surface area contributed by atoms with Crippen LogP contribution in [0.3, 0.4) is 0 Å². The van der Waals surface area contributed by atoms with E-state index in [2.05, 4.69) is 5.32 Å². The van der Waals surface area contributed by atoms with Crippen LogP contribution in [0.4, 0.5) is 17.6 Å². The lowest BCUT2D eigenvalue weighted by Gasteiger charge is -2.43. The molecule has 2 amide bonds. The highest BCUT2D eigenvalue weighted by Crippen LogP contribution is 2.42. The molecule has 8 nitrogen and oxygen atoms in total. The van der Waals surface area contributed by atoms with Gasteiger partial charge in [-0.2, -0.15) is 0 Å². The second kappa shape index (κ2) is 8.99. The minimum absolute atomic E-state index is 0.0140. The normalized spacial score (nSPS) is 23.6. The monoisotopic (exact) mass is 497 g/mol. The molecule has 0 radical (unpaired) electrons. The van der Waals surface area contributed by atoms with Crippen LogP contribution in [-0.4, -0.2) is 58.4 Å². The van der Waals surface area contributed by atoms with Gasteiger partial charge in [0.25, 0.3) is 11.8 Å². The number of carbonyl (C=O) groups is 2. The summed E-state index contributed by atoms with van der Waals surface area (Å²) in [4.78, 5) is 40.1. The molecule has 2 N–H and O–H groups in total. The van der Waals surface area contributed by atoms with E-state index in [1.807, 2.05) is 0 Å². The van der Waals surface area contributed by atoms with Crippen LogP contribution in [0.15, 0.2) is 23.1 Å². The van der Waals surface area contributed by atoms with E-state index in [0.717, 1.165) is 6.20 Å². The lowest BCUT2D eigenvalue weighted by molar-refractivity contribution is -0.0756. The van der Waals surface area contributed by atoms with Crippen molar-refractivity contribution in [2.45, 2.75) is 44.0 Å². The first-order valence-corrected chi connectivity index (χ1v) is 10.9. The third kappa shape index (κ3) is 3.95. The van der Waals surface area contributed by atoms with Crippen molar-refractivity contribution in [3.63, 3.8) is 0 Å². The average molecular weight is 497 g/mol. The Labute approximate surface area is 197 Å². The maximum atomic E-state index is 14.3. The van der Waals surface area contributed by atoms with Crippen molar-refractivity contribution < 1.29 is 37.0 Å². The summed E-state index contributed by atoms with van der Waals surface area (Å²) >= 11 is 0. The summed E-state index contributed by atoms with van der Waals surface area (Å²) in [5.74, 6) is -6.38. The first-order chi connectivity index (χ1) is 16.5. The molecule has 35 heavy (non-hydrogen) atoms. The fourth-order valence-corrected chi connectivity index (χ4v) is 4.76. The Bertz CT molecular complexity index is 1240. The van der Waals surface area contributed by atoms with Crippen molar-refractivity contribution in [2.24, 2.45) is 0 Å². The molecule has 3 heterocycles. The van der Waals surface area contributed by atoms with E-state index in [1.165, 1.54) is 16.6 Å². The highest BCUT2D eigenvalue weighted by molar-refractivity contribution is 5.99. The summed E-state index contributed by atoms with van der Waals surface area (Å²) in [6, 6.07) is -0.313. The van der Waals surface area contributed by atoms with E-state index in [9.17, 15) is 37.1 Å². The average Bonchev–Trinajstić information content (AvgIpc) is 2.94. The van der Waals surface area contributed by atoms with Crippen molar-refractivity contribution >= 4 is 11.8 Å². The Morgan fingerprint density at radius 2 is 1.91 bits per heavy atom. The molecule has 1 aromatic heterocycles. The van der Waals surface area contributed by atoms with Crippen LogP contribution in [0.1, 0.15) is 52.2 Å². The van der Waals surface area contributed by atoms with Gasteiger partial charge in [0.05, 0.1) is 6.04 Å². The molecule has 12 heteroatoms. The molecule has 0 spiro atoms. The van der Waals surface area contributed by atoms with Crippen LogP contribution in [0.25, 0.3) is 0 Å². The number of carbonyl (C=O) groups excluding carboxylic acids is 2. The predicted molar refractivity (Wildman–Crippen MR) is 114 cm³/mol. The van der Waals surface area contributed by atoms with Gasteiger partial charge in [-0.15, -0.1) is 0 Å². The second-order valence-corrected chi connectivity index (χ2v) is 8.77. The van der Waals surface area contributed by atoms with Gasteiger partial charge >= 0.3 is 0 Å². The number of ether oxygens (including phenoxy) is 1. The summed E-state index contributed by atoms with van der Waals surface area (Å²) < 4.78 is 62.0. The van der Waals surface area contributed by atoms with Crippen molar-refractivity contribution in [2.75, 3.05) is 20.3 Å². The smallest absolute Gasteiger partial charge is 0.274 e. The van der Waals surface area contributed by atoms with Crippen LogP contribution in [0, 0.1) is 17.5 Å². The topological polar surface area (TPSA) is 101 Å². The molecule has 4 rings (SSSR count). The zero-order valence-corrected chi connectivity index (χ0v) is 18.9. The van der Waals surface area contributed by atoms with Crippen LogP contribution in [0.5, 0.6) is 5.75 Å². The van der Waals surface area contributed by atoms with Gasteiger partial charge in [0.2, 0.25) is 5.43 Å². The molecule has 1 saturated heterocycles. The van der Waals surface area contributed by atoms with E-state index in [0.29, 0.717) is 18.6 Å². The van der Waals surface area contributed by atoms with Crippen molar-refractivity contribution in [1.29, 1.82) is 0 Å². The molecule has 3 atom stereocenters. The van der Waals surface area contributed by atoms with Gasteiger partial charge in [-0.05, 0) is 19.8 Å². The van der Waals surface area contributed by atoms with Gasteiger partial charge in [0.1, 0.15) is 35.3 Å². The van der Waals surface area contributed by atoms with E-state index in [-0.39, 0.29) is 19.0 Å². The van der Waals surface area contributed by atoms with E-state index in [4.69, 9.17) is 4.74 Å². The minimum atomic E-state index is -1.39. The second-order valence-electron chi connectivity index (χ2n) is 8.77. The molecule has 2 aliphatic heterocycles. The molecule has 188 valence electrons. The lowest BCUT2D eigenvalue weighted by Crippen LogP contribution is -2.53. The number of nitrogens with zero attached hydrogens (tertiary/aromatic N) is 2. The van der Waals surface area contributed by atoms with Crippen LogP contribution >= 0.6 is 0 Å². The number of amides is 2. The SMILES string of the molecule is CO[C@@]1(CF)CC[C@H](C)N2C[C@H]1n1cc(C(=O)NCc3c(F)cc(F)cc3F)c(=O)c(O)c1C2=O. The van der Waals surface area contributed by atoms with Crippen molar-refractivity contribution in [3.05, 3.63) is 62.8 Å². The van der Waals surface area contributed by atoms with Gasteiger partial charge in [-0.3, -0.25) is 14.4 Å². The molecule has 1 fully saturated rings. The molecule has 1 aromatic carbocycles. The zero-order chi connectivity index (χ0) is 25.7. The van der Waals surface area contributed by atoms with Gasteiger partial charge in [0.15, 0.2) is 11.4 Å². The number of halogens is 4. The van der Waals surface area contributed by atoms with Gasteiger partial charge in [0, 0.05) is 50.1 Å². The molecule has 2 bridgehead atoms. The molecule has 2 aliphatic rings. The molecule has 0 unspecified atom stereocenters. The number of nitrogens with one attached hydrogen (secondary N) is 1. The standard InChI is InChI=1S/C23H23F4N3O5/c1-11-3-4-23(10-24,35-2)17-9-29(11)22(34)18-20(32)19(31)14(8-30(17)18)21(33)28-7-13-15(26)5-12(25)6-16(13)27/h5-6,8,11,17,32H,3-4,7,9-10H2,1-2H3,(H,28,33)/t11-,17+,23+/m0/s1. The fraction of sp³-hybridized carbons (Fsp3) is 0.435. The van der Waals surface area contributed by atoms with E-state index >= 15 is 0 Å². The number of aromatic nitrogens is 1. The lowest BCUT2D eigenvalue weighted by atomic mass is 9.89. The Morgan fingerprint density at radius 1 is 1.26 bits per heavy atom. The quantitative estimate of drug-likeness (QED) is 0.619. The molecule has 2 aromatic rings. The van der Waals surface area contributed by atoms with Crippen molar-refractivity contribution in [1.82, 2.24) is 14.8 Å². The first-order valence-electron chi connectivity index (χ1n) is 10.9. The number of rotatable bonds is 5. The predicted octanol–water partition coefficient (Wildman–Crippen LogP) is 2.44. The van der Waals surface area contributed by atoms with Crippen LogP contribution < -0.4 is 10.7 Å². The summed E-state index contributed by atoms with van der Waals surface area (Å²) in [6.45, 7) is 0.123. The maximum absolute atomic E-state index is 14.3. The Hall–Kier alpha value is -3.41. The van der Waals surface area contributed by atoms with Crippen LogP contribution in [-0.2, 0) is 11.3 Å².